The number of aromatic nitrogens is 2. The highest BCUT2D eigenvalue weighted by Crippen LogP contribution is 2.16. The summed E-state index contributed by atoms with van der Waals surface area (Å²) in [4.78, 5) is 23.8. The van der Waals surface area contributed by atoms with E-state index in [1.54, 1.807) is 29.5 Å². The average Bonchev–Trinajstić information content (AvgIpc) is 2.97. The quantitative estimate of drug-likeness (QED) is 0.919. The molecule has 1 N–H and O–H groups in total. The minimum atomic E-state index is -0.0991. The fraction of sp³-hybridized carbons (Fsp3) is 0.357. The van der Waals surface area contributed by atoms with Crippen LogP contribution in [-0.2, 0) is 6.54 Å². The van der Waals surface area contributed by atoms with Crippen LogP contribution in [0.2, 0.25) is 0 Å². The molecule has 0 aliphatic carbocycles. The molecular formula is C14H18N4OS. The standard InChI is InChI=1S/C14H18N4OS/c1-10(2)18(9-11-5-4-6-20-11)14(19)12-7-16-8-13(15-3)17-12/h4-8,10H,9H2,1-3H3,(H,15,17). The molecule has 0 aliphatic rings. The average molecular weight is 290 g/mol. The summed E-state index contributed by atoms with van der Waals surface area (Å²) in [5.74, 6) is 0.494. The van der Waals surface area contributed by atoms with Gasteiger partial charge in [-0.1, -0.05) is 6.07 Å². The Labute approximate surface area is 122 Å². The maximum absolute atomic E-state index is 12.6. The van der Waals surface area contributed by atoms with Gasteiger partial charge in [0.25, 0.3) is 5.91 Å². The largest absolute Gasteiger partial charge is 0.372 e. The third kappa shape index (κ3) is 3.33. The van der Waals surface area contributed by atoms with E-state index in [9.17, 15) is 4.79 Å². The monoisotopic (exact) mass is 290 g/mol. The third-order valence-corrected chi connectivity index (χ3v) is 3.76. The number of amides is 1. The topological polar surface area (TPSA) is 58.1 Å². The van der Waals surface area contributed by atoms with Crippen LogP contribution in [0.5, 0.6) is 0 Å². The summed E-state index contributed by atoms with van der Waals surface area (Å²) in [6, 6.07) is 4.12. The van der Waals surface area contributed by atoms with Crippen molar-refractivity contribution in [3.63, 3.8) is 0 Å². The fourth-order valence-corrected chi connectivity index (χ4v) is 2.50. The molecule has 0 aliphatic heterocycles. The maximum atomic E-state index is 12.6. The van der Waals surface area contributed by atoms with E-state index in [2.05, 4.69) is 15.3 Å². The van der Waals surface area contributed by atoms with Crippen molar-refractivity contribution >= 4 is 23.1 Å². The molecule has 0 saturated heterocycles. The summed E-state index contributed by atoms with van der Waals surface area (Å²) in [5.41, 5.74) is 0.363. The molecular weight excluding hydrogens is 272 g/mol. The molecule has 1 amide bonds. The van der Waals surface area contributed by atoms with E-state index in [0.717, 1.165) is 4.88 Å². The predicted molar refractivity (Wildman–Crippen MR) is 80.9 cm³/mol. The van der Waals surface area contributed by atoms with Crippen molar-refractivity contribution in [3.05, 3.63) is 40.5 Å². The number of nitrogens with one attached hydrogen (secondary N) is 1. The van der Waals surface area contributed by atoms with Gasteiger partial charge in [-0.2, -0.15) is 0 Å². The van der Waals surface area contributed by atoms with E-state index in [1.807, 2.05) is 31.4 Å². The van der Waals surface area contributed by atoms with Gasteiger partial charge in [-0.3, -0.25) is 9.78 Å². The molecule has 20 heavy (non-hydrogen) atoms. The lowest BCUT2D eigenvalue weighted by atomic mass is 10.2. The van der Waals surface area contributed by atoms with Gasteiger partial charge in [-0.25, -0.2) is 4.98 Å². The zero-order chi connectivity index (χ0) is 14.5. The number of carbonyl (C=O) groups is 1. The van der Waals surface area contributed by atoms with Gasteiger partial charge in [0.15, 0.2) is 0 Å². The summed E-state index contributed by atoms with van der Waals surface area (Å²) >= 11 is 1.65. The highest BCUT2D eigenvalue weighted by molar-refractivity contribution is 7.09. The predicted octanol–water partition coefficient (Wildman–Crippen LogP) is 2.63. The third-order valence-electron chi connectivity index (χ3n) is 2.90. The molecule has 0 bridgehead atoms. The molecule has 0 aromatic carbocycles. The fourth-order valence-electron chi connectivity index (χ4n) is 1.80. The summed E-state index contributed by atoms with van der Waals surface area (Å²) in [7, 11) is 1.75. The maximum Gasteiger partial charge on any atom is 0.274 e. The van der Waals surface area contributed by atoms with E-state index in [0.29, 0.717) is 18.1 Å². The summed E-state index contributed by atoms with van der Waals surface area (Å²) in [6.07, 6.45) is 3.10. The van der Waals surface area contributed by atoms with Crippen molar-refractivity contribution in [1.29, 1.82) is 0 Å². The van der Waals surface area contributed by atoms with E-state index >= 15 is 0 Å². The van der Waals surface area contributed by atoms with Gasteiger partial charge in [0.1, 0.15) is 11.5 Å². The van der Waals surface area contributed by atoms with Crippen LogP contribution in [0.1, 0.15) is 29.2 Å². The molecule has 2 heterocycles. The number of hydrogen-bond donors (Lipinski definition) is 1. The Balaban J connectivity index is 2.22. The molecule has 0 spiro atoms. The molecule has 2 rings (SSSR count). The van der Waals surface area contributed by atoms with Gasteiger partial charge in [0.05, 0.1) is 18.9 Å². The van der Waals surface area contributed by atoms with E-state index < -0.39 is 0 Å². The summed E-state index contributed by atoms with van der Waals surface area (Å²) in [5, 5.41) is 4.91. The highest BCUT2D eigenvalue weighted by atomic mass is 32.1. The first kappa shape index (κ1) is 14.5. The lowest BCUT2D eigenvalue weighted by Gasteiger charge is -2.25. The Morgan fingerprint density at radius 3 is 2.85 bits per heavy atom. The highest BCUT2D eigenvalue weighted by Gasteiger charge is 2.21. The van der Waals surface area contributed by atoms with Gasteiger partial charge in [0, 0.05) is 18.0 Å². The van der Waals surface area contributed by atoms with Crippen LogP contribution in [-0.4, -0.2) is 33.9 Å². The molecule has 2 aromatic rings. The SMILES string of the molecule is CNc1cncc(C(=O)N(Cc2cccs2)C(C)C)n1. The Bertz CT molecular complexity index is 568. The number of hydrogen-bond acceptors (Lipinski definition) is 5. The summed E-state index contributed by atoms with van der Waals surface area (Å²) in [6.45, 7) is 4.60. The van der Waals surface area contributed by atoms with Crippen molar-refractivity contribution in [2.45, 2.75) is 26.4 Å². The Hall–Kier alpha value is -1.95. The van der Waals surface area contributed by atoms with Gasteiger partial charge < -0.3 is 10.2 Å². The second-order valence-corrected chi connectivity index (χ2v) is 5.68. The number of thiophene rings is 1. The zero-order valence-corrected chi connectivity index (χ0v) is 12.6. The van der Waals surface area contributed by atoms with Crippen LogP contribution in [0.25, 0.3) is 0 Å². The number of rotatable bonds is 5. The molecule has 5 nitrogen and oxygen atoms in total. The van der Waals surface area contributed by atoms with Crippen LogP contribution >= 0.6 is 11.3 Å². The first-order chi connectivity index (χ1) is 9.61. The van der Waals surface area contributed by atoms with Crippen molar-refractivity contribution in [3.8, 4) is 0 Å². The smallest absolute Gasteiger partial charge is 0.274 e. The van der Waals surface area contributed by atoms with Crippen LogP contribution in [0.4, 0.5) is 5.82 Å². The van der Waals surface area contributed by atoms with Gasteiger partial charge >= 0.3 is 0 Å². The summed E-state index contributed by atoms with van der Waals surface area (Å²) < 4.78 is 0. The Morgan fingerprint density at radius 2 is 2.25 bits per heavy atom. The van der Waals surface area contributed by atoms with Gasteiger partial charge in [-0.05, 0) is 25.3 Å². The molecule has 0 atom stereocenters. The Kier molecular flexibility index (Phi) is 4.68. The second kappa shape index (κ2) is 6.47. The molecule has 0 unspecified atom stereocenters. The molecule has 0 radical (unpaired) electrons. The van der Waals surface area contributed by atoms with Crippen molar-refractivity contribution in [2.75, 3.05) is 12.4 Å². The zero-order valence-electron chi connectivity index (χ0n) is 11.8. The van der Waals surface area contributed by atoms with Crippen molar-refractivity contribution in [2.24, 2.45) is 0 Å². The molecule has 0 saturated carbocycles. The van der Waals surface area contributed by atoms with E-state index in [4.69, 9.17) is 0 Å². The lowest BCUT2D eigenvalue weighted by molar-refractivity contribution is 0.0686. The second-order valence-electron chi connectivity index (χ2n) is 4.65. The van der Waals surface area contributed by atoms with Crippen LogP contribution < -0.4 is 5.32 Å². The number of anilines is 1. The number of nitrogens with zero attached hydrogens (tertiary/aromatic N) is 3. The van der Waals surface area contributed by atoms with Crippen LogP contribution in [0, 0.1) is 0 Å². The number of carbonyl (C=O) groups excluding carboxylic acids is 1. The van der Waals surface area contributed by atoms with Crippen LogP contribution in [0.15, 0.2) is 29.9 Å². The van der Waals surface area contributed by atoms with E-state index in [-0.39, 0.29) is 11.9 Å². The minimum absolute atomic E-state index is 0.0991. The first-order valence-electron chi connectivity index (χ1n) is 6.45. The first-order valence-corrected chi connectivity index (χ1v) is 7.33. The van der Waals surface area contributed by atoms with Gasteiger partial charge in [-0.15, -0.1) is 11.3 Å². The molecule has 106 valence electrons. The lowest BCUT2D eigenvalue weighted by Crippen LogP contribution is -2.36. The van der Waals surface area contributed by atoms with E-state index in [1.165, 1.54) is 6.20 Å². The molecule has 2 aromatic heterocycles. The minimum Gasteiger partial charge on any atom is -0.372 e. The van der Waals surface area contributed by atoms with Crippen LogP contribution in [0.3, 0.4) is 0 Å². The van der Waals surface area contributed by atoms with Crippen molar-refractivity contribution in [1.82, 2.24) is 14.9 Å². The molecule has 6 heteroatoms. The van der Waals surface area contributed by atoms with Crippen molar-refractivity contribution < 1.29 is 4.79 Å². The molecule has 0 fully saturated rings. The normalized spacial score (nSPS) is 10.6. The van der Waals surface area contributed by atoms with Gasteiger partial charge in [0.2, 0.25) is 0 Å². The Morgan fingerprint density at radius 1 is 1.45 bits per heavy atom.